The SMILES string of the molecule is COC(=O)[C@@H]1[C@H](O)CCCN1C(=O)C1CCC(NC(=O)CC2CCCC2)CC1. The highest BCUT2D eigenvalue weighted by atomic mass is 16.5. The molecule has 0 aromatic carbocycles. The molecule has 0 bridgehead atoms. The van der Waals surface area contributed by atoms with Gasteiger partial charge in [-0.15, -0.1) is 0 Å². The van der Waals surface area contributed by atoms with Crippen LogP contribution in [0.2, 0.25) is 0 Å². The lowest BCUT2D eigenvalue weighted by molar-refractivity contribution is -0.163. The van der Waals surface area contributed by atoms with Gasteiger partial charge in [-0.2, -0.15) is 0 Å². The number of likely N-dealkylation sites (tertiary alicyclic amines) is 1. The zero-order valence-electron chi connectivity index (χ0n) is 16.9. The van der Waals surface area contributed by atoms with Crippen molar-refractivity contribution >= 4 is 17.8 Å². The van der Waals surface area contributed by atoms with Crippen LogP contribution in [0.1, 0.15) is 70.6 Å². The Labute approximate surface area is 167 Å². The quantitative estimate of drug-likeness (QED) is 0.693. The van der Waals surface area contributed by atoms with Gasteiger partial charge < -0.3 is 20.1 Å². The molecule has 0 spiro atoms. The van der Waals surface area contributed by atoms with Crippen molar-refractivity contribution in [1.82, 2.24) is 10.2 Å². The lowest BCUT2D eigenvalue weighted by atomic mass is 9.84. The summed E-state index contributed by atoms with van der Waals surface area (Å²) in [6.45, 7) is 0.480. The molecule has 3 rings (SSSR count). The van der Waals surface area contributed by atoms with Crippen LogP contribution in [-0.4, -0.2) is 59.6 Å². The minimum atomic E-state index is -0.893. The topological polar surface area (TPSA) is 95.9 Å². The molecule has 2 atom stereocenters. The summed E-state index contributed by atoms with van der Waals surface area (Å²) >= 11 is 0. The second-order valence-electron chi connectivity index (χ2n) is 8.68. The van der Waals surface area contributed by atoms with Crippen LogP contribution in [0.5, 0.6) is 0 Å². The molecule has 3 fully saturated rings. The maximum atomic E-state index is 13.0. The third kappa shape index (κ3) is 5.04. The van der Waals surface area contributed by atoms with E-state index in [4.69, 9.17) is 4.74 Å². The minimum absolute atomic E-state index is 0.0649. The predicted molar refractivity (Wildman–Crippen MR) is 103 cm³/mol. The van der Waals surface area contributed by atoms with Crippen LogP contribution in [0.25, 0.3) is 0 Å². The highest BCUT2D eigenvalue weighted by molar-refractivity contribution is 5.86. The normalized spacial score (nSPS) is 31.4. The standard InChI is InChI=1S/C21H34N2O5/c1-28-21(27)19-17(24)7-4-12-23(19)20(26)15-8-10-16(11-9-15)22-18(25)13-14-5-2-3-6-14/h14-17,19,24H,2-13H2,1H3,(H,22,25)/t15?,16?,17-,19+/m1/s1. The Hall–Kier alpha value is -1.63. The highest BCUT2D eigenvalue weighted by Crippen LogP contribution is 2.30. The van der Waals surface area contributed by atoms with Crippen LogP contribution in [0.4, 0.5) is 0 Å². The van der Waals surface area contributed by atoms with E-state index in [9.17, 15) is 19.5 Å². The van der Waals surface area contributed by atoms with Gasteiger partial charge in [-0.25, -0.2) is 4.79 Å². The molecule has 158 valence electrons. The molecule has 3 aliphatic rings. The molecule has 2 N–H and O–H groups in total. The summed E-state index contributed by atoms with van der Waals surface area (Å²) in [5.74, 6) is -0.0796. The van der Waals surface area contributed by atoms with Crippen LogP contribution >= 0.6 is 0 Å². The third-order valence-corrected chi connectivity index (χ3v) is 6.72. The summed E-state index contributed by atoms with van der Waals surface area (Å²) in [5.41, 5.74) is 0. The largest absolute Gasteiger partial charge is 0.467 e. The molecule has 1 aliphatic heterocycles. The third-order valence-electron chi connectivity index (χ3n) is 6.72. The van der Waals surface area contributed by atoms with Crippen molar-refractivity contribution < 1.29 is 24.2 Å². The number of piperidine rings is 1. The number of rotatable bonds is 5. The van der Waals surface area contributed by atoms with Gasteiger partial charge in [0.25, 0.3) is 0 Å². The summed E-state index contributed by atoms with van der Waals surface area (Å²) in [6, 6.07) is -0.753. The van der Waals surface area contributed by atoms with Gasteiger partial charge >= 0.3 is 5.97 Å². The Morgan fingerprint density at radius 1 is 1.00 bits per heavy atom. The number of amides is 2. The minimum Gasteiger partial charge on any atom is -0.467 e. The van der Waals surface area contributed by atoms with Gasteiger partial charge in [0.2, 0.25) is 11.8 Å². The summed E-state index contributed by atoms with van der Waals surface area (Å²) in [4.78, 5) is 38.8. The second kappa shape index (κ2) is 9.72. The second-order valence-corrected chi connectivity index (χ2v) is 8.68. The van der Waals surface area contributed by atoms with Crippen molar-refractivity contribution in [2.24, 2.45) is 11.8 Å². The average molecular weight is 395 g/mol. The van der Waals surface area contributed by atoms with Gasteiger partial charge in [-0.05, 0) is 57.3 Å². The maximum Gasteiger partial charge on any atom is 0.331 e. The van der Waals surface area contributed by atoms with Crippen LogP contribution < -0.4 is 5.32 Å². The average Bonchev–Trinajstić information content (AvgIpc) is 3.20. The zero-order chi connectivity index (χ0) is 20.1. The van der Waals surface area contributed by atoms with E-state index in [1.807, 2.05) is 0 Å². The number of carbonyl (C=O) groups excluding carboxylic acids is 3. The van der Waals surface area contributed by atoms with Crippen molar-refractivity contribution in [2.45, 2.75) is 88.8 Å². The number of ether oxygens (including phenoxy) is 1. The summed E-state index contributed by atoms with van der Waals surface area (Å²) in [6.07, 6.45) is 8.74. The highest BCUT2D eigenvalue weighted by Gasteiger charge is 2.42. The van der Waals surface area contributed by atoms with Crippen LogP contribution in [-0.2, 0) is 19.1 Å². The number of nitrogens with one attached hydrogen (secondary N) is 1. The zero-order valence-corrected chi connectivity index (χ0v) is 16.9. The molecule has 0 aromatic rings. The molecule has 2 saturated carbocycles. The van der Waals surface area contributed by atoms with Gasteiger partial charge in [-0.3, -0.25) is 9.59 Å². The monoisotopic (exact) mass is 394 g/mol. The van der Waals surface area contributed by atoms with Crippen molar-refractivity contribution in [1.29, 1.82) is 0 Å². The van der Waals surface area contributed by atoms with Crippen molar-refractivity contribution in [3.05, 3.63) is 0 Å². The van der Waals surface area contributed by atoms with Crippen molar-refractivity contribution in [3.8, 4) is 0 Å². The smallest absolute Gasteiger partial charge is 0.331 e. The Bertz CT molecular complexity index is 567. The van der Waals surface area contributed by atoms with E-state index >= 15 is 0 Å². The Morgan fingerprint density at radius 3 is 2.32 bits per heavy atom. The van der Waals surface area contributed by atoms with E-state index in [1.54, 1.807) is 0 Å². The van der Waals surface area contributed by atoms with E-state index < -0.39 is 18.1 Å². The number of methoxy groups -OCH3 is 1. The van der Waals surface area contributed by atoms with Crippen LogP contribution in [0.3, 0.4) is 0 Å². The number of aliphatic hydroxyl groups is 1. The molecule has 1 saturated heterocycles. The molecule has 0 aromatic heterocycles. The molecular weight excluding hydrogens is 360 g/mol. The number of hydrogen-bond acceptors (Lipinski definition) is 5. The van der Waals surface area contributed by atoms with Gasteiger partial charge in [0.05, 0.1) is 13.2 Å². The first-order valence-corrected chi connectivity index (χ1v) is 10.8. The lowest BCUT2D eigenvalue weighted by Crippen LogP contribution is -2.57. The van der Waals surface area contributed by atoms with Gasteiger partial charge in [0.15, 0.2) is 6.04 Å². The summed E-state index contributed by atoms with van der Waals surface area (Å²) < 4.78 is 4.80. The molecule has 2 aliphatic carbocycles. The summed E-state index contributed by atoms with van der Waals surface area (Å²) in [7, 11) is 1.28. The Kier molecular flexibility index (Phi) is 7.32. The molecule has 7 heteroatoms. The Balaban J connectivity index is 1.48. The fraction of sp³-hybridized carbons (Fsp3) is 0.857. The molecule has 0 radical (unpaired) electrons. The molecule has 2 amide bonds. The Morgan fingerprint density at radius 2 is 1.68 bits per heavy atom. The fourth-order valence-corrected chi connectivity index (χ4v) is 5.11. The van der Waals surface area contributed by atoms with Crippen LogP contribution in [0, 0.1) is 11.8 Å². The molecule has 0 unspecified atom stereocenters. The van der Waals surface area contributed by atoms with E-state index in [0.717, 1.165) is 25.7 Å². The number of hydrogen-bond donors (Lipinski definition) is 2. The number of carbonyl (C=O) groups is 3. The fourth-order valence-electron chi connectivity index (χ4n) is 5.11. The first kappa shape index (κ1) is 21.1. The number of esters is 1. The molecule has 28 heavy (non-hydrogen) atoms. The number of aliphatic hydroxyl groups excluding tert-OH is 1. The summed E-state index contributed by atoms with van der Waals surface area (Å²) in [5, 5.41) is 13.4. The molecule has 7 nitrogen and oxygen atoms in total. The lowest BCUT2D eigenvalue weighted by Gasteiger charge is -2.40. The van der Waals surface area contributed by atoms with Crippen LogP contribution in [0.15, 0.2) is 0 Å². The van der Waals surface area contributed by atoms with E-state index in [2.05, 4.69) is 5.32 Å². The van der Waals surface area contributed by atoms with Gasteiger partial charge in [0, 0.05) is 24.9 Å². The van der Waals surface area contributed by atoms with Crippen molar-refractivity contribution in [2.75, 3.05) is 13.7 Å². The first-order chi connectivity index (χ1) is 13.5. The molecular formula is C21H34N2O5. The number of nitrogens with zero attached hydrogens (tertiary/aromatic N) is 1. The van der Waals surface area contributed by atoms with E-state index in [0.29, 0.717) is 44.6 Å². The van der Waals surface area contributed by atoms with Crippen molar-refractivity contribution in [3.63, 3.8) is 0 Å². The maximum absolute atomic E-state index is 13.0. The van der Waals surface area contributed by atoms with E-state index in [1.165, 1.54) is 24.9 Å². The van der Waals surface area contributed by atoms with E-state index in [-0.39, 0.29) is 23.8 Å². The first-order valence-electron chi connectivity index (χ1n) is 10.8. The predicted octanol–water partition coefficient (Wildman–Crippen LogP) is 1.77. The van der Waals surface area contributed by atoms with Gasteiger partial charge in [-0.1, -0.05) is 12.8 Å². The van der Waals surface area contributed by atoms with Gasteiger partial charge in [0.1, 0.15) is 0 Å². The molecule has 1 heterocycles.